The molecular weight excluding hydrogens is 186 g/mol. The smallest absolute Gasteiger partial charge is 0.315 e. The third-order valence-corrected chi connectivity index (χ3v) is 1.53. The van der Waals surface area contributed by atoms with Gasteiger partial charge in [-0.15, -0.1) is 0 Å². The van der Waals surface area contributed by atoms with Crippen molar-refractivity contribution >= 4 is 17.8 Å². The topological polar surface area (TPSA) is 72.5 Å². The number of hydrogen-bond acceptors (Lipinski definition) is 4. The first kappa shape index (κ1) is 12.6. The lowest BCUT2D eigenvalue weighted by molar-refractivity contribution is -0.150. The highest BCUT2D eigenvalue weighted by Crippen LogP contribution is 1.98. The maximum Gasteiger partial charge on any atom is 0.315 e. The Morgan fingerprint density at radius 1 is 1.36 bits per heavy atom. The zero-order valence-corrected chi connectivity index (χ0v) is 8.62. The van der Waals surface area contributed by atoms with Gasteiger partial charge in [0.2, 0.25) is 11.8 Å². The van der Waals surface area contributed by atoms with Gasteiger partial charge in [0.25, 0.3) is 0 Å². The molecule has 5 heteroatoms. The Morgan fingerprint density at radius 3 is 2.36 bits per heavy atom. The van der Waals surface area contributed by atoms with E-state index in [0.29, 0.717) is 6.42 Å². The first-order valence-electron chi connectivity index (χ1n) is 4.45. The summed E-state index contributed by atoms with van der Waals surface area (Å²) >= 11 is 0. The first-order valence-corrected chi connectivity index (χ1v) is 4.45. The van der Waals surface area contributed by atoms with E-state index in [1.54, 1.807) is 6.92 Å². The van der Waals surface area contributed by atoms with Crippen LogP contribution in [-0.2, 0) is 19.1 Å². The van der Waals surface area contributed by atoms with Gasteiger partial charge < -0.3 is 4.74 Å². The lowest BCUT2D eigenvalue weighted by Gasteiger charge is -2.09. The molecule has 0 heterocycles. The Labute approximate surface area is 82.8 Å². The van der Waals surface area contributed by atoms with Gasteiger partial charge in [-0.2, -0.15) is 0 Å². The summed E-state index contributed by atoms with van der Waals surface area (Å²) < 4.78 is 4.84. The van der Waals surface area contributed by atoms with E-state index in [4.69, 9.17) is 4.74 Å². The van der Waals surface area contributed by atoms with E-state index in [2.05, 4.69) is 0 Å². The van der Waals surface area contributed by atoms with Crippen molar-refractivity contribution in [1.29, 1.82) is 0 Å². The van der Waals surface area contributed by atoms with E-state index >= 15 is 0 Å². The fourth-order valence-electron chi connectivity index (χ4n) is 0.721. The highest BCUT2D eigenvalue weighted by molar-refractivity contribution is 6.02. The molecule has 0 aromatic carbocycles. The van der Waals surface area contributed by atoms with Crippen molar-refractivity contribution in [3.05, 3.63) is 0 Å². The van der Waals surface area contributed by atoms with Gasteiger partial charge in [-0.25, -0.2) is 0 Å². The highest BCUT2D eigenvalue weighted by Gasteiger charge is 2.13. The van der Waals surface area contributed by atoms with Crippen molar-refractivity contribution in [3.63, 3.8) is 0 Å². The van der Waals surface area contributed by atoms with Crippen LogP contribution in [0.15, 0.2) is 0 Å². The third-order valence-electron chi connectivity index (χ3n) is 1.53. The molecule has 0 aliphatic carbocycles. The van der Waals surface area contributed by atoms with Crippen molar-refractivity contribution in [2.75, 3.05) is 0 Å². The molecule has 0 fully saturated rings. The molecule has 1 N–H and O–H groups in total. The Morgan fingerprint density at radius 2 is 1.93 bits per heavy atom. The minimum atomic E-state index is -0.634. The molecule has 1 atom stereocenters. The fourth-order valence-corrected chi connectivity index (χ4v) is 0.721. The maximum atomic E-state index is 11.0. The zero-order chi connectivity index (χ0) is 11.1. The number of ether oxygens (including phenoxy) is 1. The Bertz CT molecular complexity index is 237. The summed E-state index contributed by atoms with van der Waals surface area (Å²) in [5, 5.41) is 1.99. The molecule has 0 aliphatic rings. The Balaban J connectivity index is 3.82. The number of amides is 2. The molecule has 0 aliphatic heterocycles. The molecular formula is C9H15NO4. The second-order valence-corrected chi connectivity index (χ2v) is 2.99. The number of imide groups is 1. The van der Waals surface area contributed by atoms with Gasteiger partial charge >= 0.3 is 5.97 Å². The lowest BCUT2D eigenvalue weighted by Crippen LogP contribution is -2.31. The summed E-state index contributed by atoms with van der Waals surface area (Å²) in [5.41, 5.74) is 0. The molecule has 5 nitrogen and oxygen atoms in total. The summed E-state index contributed by atoms with van der Waals surface area (Å²) in [5.74, 6) is -1.73. The van der Waals surface area contributed by atoms with Crippen LogP contribution in [0.5, 0.6) is 0 Å². The van der Waals surface area contributed by atoms with Crippen molar-refractivity contribution in [2.24, 2.45) is 0 Å². The molecule has 1 unspecified atom stereocenters. The molecule has 0 saturated carbocycles. The molecule has 0 saturated heterocycles. The van der Waals surface area contributed by atoms with Crippen LogP contribution in [0.2, 0.25) is 0 Å². The Hall–Kier alpha value is -1.39. The number of rotatable bonds is 4. The first-order chi connectivity index (χ1) is 6.45. The summed E-state index contributed by atoms with van der Waals surface area (Å²) in [4.78, 5) is 32.3. The molecule has 0 bridgehead atoms. The quantitative estimate of drug-likeness (QED) is 0.527. The average molecular weight is 201 g/mol. The van der Waals surface area contributed by atoms with Crippen LogP contribution < -0.4 is 5.32 Å². The van der Waals surface area contributed by atoms with Gasteiger partial charge in [0, 0.05) is 6.92 Å². The summed E-state index contributed by atoms with van der Waals surface area (Å²) in [6, 6.07) is 0. The summed E-state index contributed by atoms with van der Waals surface area (Å²) in [6.45, 7) is 4.81. The molecule has 0 rings (SSSR count). The molecule has 0 aromatic rings. The van der Waals surface area contributed by atoms with Crippen molar-refractivity contribution in [1.82, 2.24) is 5.32 Å². The standard InChI is InChI=1S/C9H15NO4/c1-4-6(2)14-9(13)5-8(12)10-7(3)11/h6H,4-5H2,1-3H3,(H,10,11,12). The van der Waals surface area contributed by atoms with E-state index in [1.807, 2.05) is 12.2 Å². The van der Waals surface area contributed by atoms with Crippen molar-refractivity contribution in [3.8, 4) is 0 Å². The van der Waals surface area contributed by atoms with Crippen molar-refractivity contribution in [2.45, 2.75) is 39.7 Å². The monoisotopic (exact) mass is 201 g/mol. The van der Waals surface area contributed by atoms with Gasteiger partial charge in [-0.3, -0.25) is 19.7 Å². The number of carbonyl (C=O) groups is 3. The van der Waals surface area contributed by atoms with Gasteiger partial charge in [-0.05, 0) is 13.3 Å². The van der Waals surface area contributed by atoms with Crippen LogP contribution in [0.4, 0.5) is 0 Å². The number of carbonyl (C=O) groups excluding carboxylic acids is 3. The zero-order valence-electron chi connectivity index (χ0n) is 8.62. The van der Waals surface area contributed by atoms with Crippen molar-refractivity contribution < 1.29 is 19.1 Å². The van der Waals surface area contributed by atoms with E-state index in [9.17, 15) is 14.4 Å². The van der Waals surface area contributed by atoms with Gasteiger partial charge in [0.15, 0.2) is 0 Å². The normalized spacial score (nSPS) is 11.6. The second kappa shape index (κ2) is 6.12. The van der Waals surface area contributed by atoms with E-state index < -0.39 is 24.2 Å². The fraction of sp³-hybridized carbons (Fsp3) is 0.667. The van der Waals surface area contributed by atoms with E-state index in [0.717, 1.165) is 0 Å². The average Bonchev–Trinajstić information content (AvgIpc) is 2.01. The third kappa shape index (κ3) is 6.16. The molecule has 0 spiro atoms. The minimum absolute atomic E-state index is 0.201. The van der Waals surface area contributed by atoms with Gasteiger partial charge in [-0.1, -0.05) is 6.92 Å². The molecule has 14 heavy (non-hydrogen) atoms. The molecule has 80 valence electrons. The van der Waals surface area contributed by atoms with E-state index in [-0.39, 0.29) is 6.10 Å². The van der Waals surface area contributed by atoms with Gasteiger partial charge in [0.1, 0.15) is 6.42 Å². The number of hydrogen-bond donors (Lipinski definition) is 1. The highest BCUT2D eigenvalue weighted by atomic mass is 16.5. The summed E-state index contributed by atoms with van der Waals surface area (Å²) in [6.07, 6.45) is 0.0805. The second-order valence-electron chi connectivity index (χ2n) is 2.99. The number of nitrogens with one attached hydrogen (secondary N) is 1. The Kier molecular flexibility index (Phi) is 5.52. The van der Waals surface area contributed by atoms with Crippen LogP contribution in [-0.4, -0.2) is 23.9 Å². The lowest BCUT2D eigenvalue weighted by atomic mass is 10.3. The minimum Gasteiger partial charge on any atom is -0.462 e. The van der Waals surface area contributed by atoms with E-state index in [1.165, 1.54) is 6.92 Å². The summed E-state index contributed by atoms with van der Waals surface area (Å²) in [7, 11) is 0. The van der Waals surface area contributed by atoms with Crippen LogP contribution in [0.25, 0.3) is 0 Å². The molecule has 0 aromatic heterocycles. The molecule has 2 amide bonds. The van der Waals surface area contributed by atoms with Crippen LogP contribution in [0.1, 0.15) is 33.6 Å². The number of esters is 1. The van der Waals surface area contributed by atoms with Gasteiger partial charge in [0.05, 0.1) is 6.10 Å². The maximum absolute atomic E-state index is 11.0. The largest absolute Gasteiger partial charge is 0.462 e. The predicted octanol–water partition coefficient (Wildman–Crippen LogP) is 0.381. The SMILES string of the molecule is CCC(C)OC(=O)CC(=O)NC(C)=O. The van der Waals surface area contributed by atoms with Crippen LogP contribution >= 0.6 is 0 Å². The van der Waals surface area contributed by atoms with Crippen LogP contribution in [0, 0.1) is 0 Å². The van der Waals surface area contributed by atoms with Crippen LogP contribution in [0.3, 0.4) is 0 Å². The predicted molar refractivity (Wildman–Crippen MR) is 49.3 cm³/mol. The molecule has 0 radical (unpaired) electrons.